The van der Waals surface area contributed by atoms with Gasteiger partial charge in [0.15, 0.2) is 0 Å². The Kier molecular flexibility index (Phi) is 4.44. The molecule has 0 fully saturated rings. The zero-order valence-corrected chi connectivity index (χ0v) is 17.8. The highest BCUT2D eigenvalue weighted by molar-refractivity contribution is 5.92. The van der Waals surface area contributed by atoms with Gasteiger partial charge in [0.2, 0.25) is 0 Å². The van der Waals surface area contributed by atoms with Crippen LogP contribution >= 0.6 is 0 Å². The molecular weight excluding hydrogens is 384 g/mol. The van der Waals surface area contributed by atoms with E-state index in [-0.39, 0.29) is 5.97 Å². The summed E-state index contributed by atoms with van der Waals surface area (Å²) in [4.78, 5) is 12.5. The van der Waals surface area contributed by atoms with Crippen LogP contribution in [0.5, 0.6) is 0 Å². The van der Waals surface area contributed by atoms with Crippen LogP contribution in [0.25, 0.3) is 16.8 Å². The molecule has 1 aromatic heterocycles. The number of benzene rings is 3. The fourth-order valence-electron chi connectivity index (χ4n) is 4.56. The van der Waals surface area contributed by atoms with E-state index < -0.39 is 5.54 Å². The Hall–Kier alpha value is -3.79. The number of hydrogen-bond donors (Lipinski definition) is 1. The van der Waals surface area contributed by atoms with Crippen LogP contribution in [0.15, 0.2) is 84.9 Å². The fraction of sp³-hybridized carbons (Fsp3) is 0.148. The van der Waals surface area contributed by atoms with Gasteiger partial charge in [0.1, 0.15) is 5.54 Å². The highest BCUT2D eigenvalue weighted by atomic mass is 16.5. The van der Waals surface area contributed by atoms with Crippen LogP contribution in [0.3, 0.4) is 0 Å². The van der Waals surface area contributed by atoms with Crippen molar-refractivity contribution in [2.24, 2.45) is 0 Å². The summed E-state index contributed by atoms with van der Waals surface area (Å²) in [5.74, 6) is -0.321. The number of aromatic nitrogens is 1. The van der Waals surface area contributed by atoms with Crippen LogP contribution in [0.2, 0.25) is 0 Å². The standard InChI is InChI=1S/C27H24N2O2/c1-18-22(26(30)31-3)17-25-27(2,28-23-11-7-8-12-24(23)29(18)25)21-15-13-20(14-16-21)19-9-5-4-6-10-19/h4-17,28H,1-3H3. The maximum atomic E-state index is 12.5. The van der Waals surface area contributed by atoms with Crippen LogP contribution in [0.1, 0.15) is 34.2 Å². The number of nitrogens with one attached hydrogen (secondary N) is 1. The molecular formula is C27H24N2O2. The summed E-state index contributed by atoms with van der Waals surface area (Å²) in [6, 6.07) is 29.1. The summed E-state index contributed by atoms with van der Waals surface area (Å²) in [5, 5.41) is 3.73. The minimum Gasteiger partial charge on any atom is -0.465 e. The molecule has 0 radical (unpaired) electrons. The molecule has 0 saturated heterocycles. The first-order valence-electron chi connectivity index (χ1n) is 10.4. The van der Waals surface area contributed by atoms with Gasteiger partial charge in [0, 0.05) is 5.69 Å². The van der Waals surface area contributed by atoms with Crippen molar-refractivity contribution in [3.05, 3.63) is 107 Å². The quantitative estimate of drug-likeness (QED) is 0.427. The number of carbonyl (C=O) groups excluding carboxylic acids is 1. The summed E-state index contributed by atoms with van der Waals surface area (Å²) in [5.41, 5.74) is 7.50. The summed E-state index contributed by atoms with van der Waals surface area (Å²) in [7, 11) is 1.42. The second-order valence-electron chi connectivity index (χ2n) is 8.07. The zero-order chi connectivity index (χ0) is 21.6. The molecule has 0 amide bonds. The van der Waals surface area contributed by atoms with Crippen molar-refractivity contribution in [1.82, 2.24) is 4.57 Å². The molecule has 154 valence electrons. The molecule has 5 rings (SSSR count). The highest BCUT2D eigenvalue weighted by Crippen LogP contribution is 2.43. The number of carbonyl (C=O) groups is 1. The average Bonchev–Trinajstić information content (AvgIpc) is 3.18. The van der Waals surface area contributed by atoms with Crippen molar-refractivity contribution in [3.63, 3.8) is 0 Å². The lowest BCUT2D eigenvalue weighted by molar-refractivity contribution is 0.0600. The van der Waals surface area contributed by atoms with E-state index in [1.807, 2.05) is 43.3 Å². The van der Waals surface area contributed by atoms with Crippen LogP contribution < -0.4 is 5.32 Å². The van der Waals surface area contributed by atoms with E-state index >= 15 is 0 Å². The van der Waals surface area contributed by atoms with Gasteiger partial charge < -0.3 is 14.6 Å². The third kappa shape index (κ3) is 2.95. The van der Waals surface area contributed by atoms with Crippen LogP contribution in [-0.4, -0.2) is 17.6 Å². The lowest BCUT2D eigenvalue weighted by atomic mass is 9.85. The number of anilines is 1. The van der Waals surface area contributed by atoms with Crippen molar-refractivity contribution in [2.45, 2.75) is 19.4 Å². The maximum absolute atomic E-state index is 12.5. The molecule has 0 saturated carbocycles. The van der Waals surface area contributed by atoms with Crippen molar-refractivity contribution >= 4 is 11.7 Å². The molecule has 0 aliphatic carbocycles. The summed E-state index contributed by atoms with van der Waals surface area (Å²) in [6.07, 6.45) is 0. The predicted molar refractivity (Wildman–Crippen MR) is 124 cm³/mol. The second-order valence-corrected chi connectivity index (χ2v) is 8.07. The van der Waals surface area contributed by atoms with Gasteiger partial charge in [-0.15, -0.1) is 0 Å². The number of rotatable bonds is 3. The van der Waals surface area contributed by atoms with E-state index in [2.05, 4.69) is 65.3 Å². The highest BCUT2D eigenvalue weighted by Gasteiger charge is 2.39. The van der Waals surface area contributed by atoms with Crippen molar-refractivity contribution in [1.29, 1.82) is 0 Å². The maximum Gasteiger partial charge on any atom is 0.339 e. The Balaban J connectivity index is 1.67. The van der Waals surface area contributed by atoms with Crippen molar-refractivity contribution in [2.75, 3.05) is 12.4 Å². The normalized spacial score (nSPS) is 16.7. The van der Waals surface area contributed by atoms with Crippen LogP contribution in [0, 0.1) is 6.92 Å². The van der Waals surface area contributed by atoms with Crippen molar-refractivity contribution < 1.29 is 9.53 Å². The number of hydrogen-bond acceptors (Lipinski definition) is 3. The second kappa shape index (κ2) is 7.17. The third-order valence-corrected chi connectivity index (χ3v) is 6.26. The Morgan fingerprint density at radius 2 is 1.55 bits per heavy atom. The molecule has 3 aromatic carbocycles. The molecule has 4 nitrogen and oxygen atoms in total. The molecule has 0 bridgehead atoms. The molecule has 31 heavy (non-hydrogen) atoms. The molecule has 1 N–H and O–H groups in total. The monoisotopic (exact) mass is 408 g/mol. The SMILES string of the molecule is COC(=O)c1cc2n(c1C)-c1ccccc1NC2(C)c1ccc(-c2ccccc2)cc1. The molecule has 1 aliphatic heterocycles. The first-order chi connectivity index (χ1) is 15.0. The number of esters is 1. The van der Waals surface area contributed by atoms with Gasteiger partial charge in [0.05, 0.1) is 29.7 Å². The van der Waals surface area contributed by atoms with E-state index in [1.165, 1.54) is 18.2 Å². The van der Waals surface area contributed by atoms with Crippen LogP contribution in [-0.2, 0) is 10.3 Å². The molecule has 0 spiro atoms. The topological polar surface area (TPSA) is 43.3 Å². The first-order valence-corrected chi connectivity index (χ1v) is 10.4. The number of nitrogens with zero attached hydrogens (tertiary/aromatic N) is 1. The first kappa shape index (κ1) is 19.2. The van der Waals surface area contributed by atoms with E-state index in [9.17, 15) is 4.79 Å². The van der Waals surface area contributed by atoms with E-state index in [1.54, 1.807) is 0 Å². The van der Waals surface area contributed by atoms with E-state index in [4.69, 9.17) is 4.74 Å². The number of fused-ring (bicyclic) bond motifs is 3. The molecule has 1 unspecified atom stereocenters. The van der Waals surface area contributed by atoms with Crippen molar-refractivity contribution in [3.8, 4) is 16.8 Å². The average molecular weight is 409 g/mol. The Morgan fingerprint density at radius 1 is 0.903 bits per heavy atom. The molecule has 2 heterocycles. The lowest BCUT2D eigenvalue weighted by Crippen LogP contribution is -2.39. The molecule has 4 aromatic rings. The lowest BCUT2D eigenvalue weighted by Gasteiger charge is -2.39. The minimum atomic E-state index is -0.513. The Labute approximate surface area is 182 Å². The summed E-state index contributed by atoms with van der Waals surface area (Å²) in [6.45, 7) is 4.13. The van der Waals surface area contributed by atoms with Gasteiger partial charge in [-0.2, -0.15) is 0 Å². The summed E-state index contributed by atoms with van der Waals surface area (Å²) >= 11 is 0. The van der Waals surface area contributed by atoms with E-state index in [0.717, 1.165) is 28.3 Å². The smallest absolute Gasteiger partial charge is 0.339 e. The Bertz CT molecular complexity index is 1270. The van der Waals surface area contributed by atoms with Gasteiger partial charge >= 0.3 is 5.97 Å². The molecule has 1 aliphatic rings. The van der Waals surface area contributed by atoms with Crippen LogP contribution in [0.4, 0.5) is 5.69 Å². The van der Waals surface area contributed by atoms with Gasteiger partial charge in [-0.3, -0.25) is 0 Å². The van der Waals surface area contributed by atoms with Gasteiger partial charge in [0.25, 0.3) is 0 Å². The third-order valence-electron chi connectivity index (χ3n) is 6.26. The number of para-hydroxylation sites is 2. The number of ether oxygens (including phenoxy) is 1. The van der Waals surface area contributed by atoms with E-state index in [0.29, 0.717) is 5.56 Å². The van der Waals surface area contributed by atoms with Gasteiger partial charge in [-0.1, -0.05) is 66.7 Å². The largest absolute Gasteiger partial charge is 0.465 e. The Morgan fingerprint density at radius 3 is 2.26 bits per heavy atom. The molecule has 4 heteroatoms. The minimum absolute atomic E-state index is 0.321. The predicted octanol–water partition coefficient (Wildman–Crippen LogP) is 5.93. The van der Waals surface area contributed by atoms with Gasteiger partial charge in [-0.05, 0) is 48.7 Å². The zero-order valence-electron chi connectivity index (χ0n) is 17.8. The molecule has 1 atom stereocenters. The fourth-order valence-corrected chi connectivity index (χ4v) is 4.56. The van der Waals surface area contributed by atoms with Gasteiger partial charge in [-0.25, -0.2) is 4.79 Å². The summed E-state index contributed by atoms with van der Waals surface area (Å²) < 4.78 is 7.22. The number of methoxy groups -OCH3 is 1.